The Morgan fingerprint density at radius 1 is 1.62 bits per heavy atom. The van der Waals surface area contributed by atoms with Crippen LogP contribution in [0.15, 0.2) is 18.2 Å². The van der Waals surface area contributed by atoms with Crippen molar-refractivity contribution < 1.29 is 15.0 Å². The Balaban J connectivity index is 2.97. The van der Waals surface area contributed by atoms with Crippen molar-refractivity contribution in [2.75, 3.05) is 6.61 Å². The number of aliphatic hydroxyl groups is 1. The Bertz CT molecular complexity index is 343. The lowest BCUT2D eigenvalue weighted by Gasteiger charge is -1.97. The van der Waals surface area contributed by atoms with Crippen LogP contribution >= 0.6 is 22.9 Å². The third kappa shape index (κ3) is 2.84. The van der Waals surface area contributed by atoms with E-state index in [0.29, 0.717) is 14.8 Å². The van der Waals surface area contributed by atoms with Crippen molar-refractivity contribution in [3.8, 4) is 0 Å². The molecule has 0 spiro atoms. The van der Waals surface area contributed by atoms with Crippen molar-refractivity contribution in [3.05, 3.63) is 27.4 Å². The molecule has 0 radical (unpaired) electrons. The number of carboxylic acids is 1. The molecule has 13 heavy (non-hydrogen) atoms. The molecule has 0 fully saturated rings. The molecule has 0 aromatic carbocycles. The molecule has 0 saturated carbocycles. The van der Waals surface area contributed by atoms with Gasteiger partial charge in [0.1, 0.15) is 0 Å². The third-order valence-corrected chi connectivity index (χ3v) is 2.66. The highest BCUT2D eigenvalue weighted by atomic mass is 35.5. The summed E-state index contributed by atoms with van der Waals surface area (Å²) in [6.07, 6.45) is 0.974. The van der Waals surface area contributed by atoms with Gasteiger partial charge in [-0.3, -0.25) is 0 Å². The maximum Gasteiger partial charge on any atom is 0.328 e. The van der Waals surface area contributed by atoms with Gasteiger partial charge in [0, 0.05) is 16.5 Å². The third-order valence-electron chi connectivity index (χ3n) is 1.36. The minimum Gasteiger partial charge on any atom is -0.478 e. The molecule has 1 heterocycles. The van der Waals surface area contributed by atoms with Gasteiger partial charge in [0.2, 0.25) is 0 Å². The lowest BCUT2D eigenvalue weighted by atomic mass is 10.2. The monoisotopic (exact) mass is 218 g/mol. The van der Waals surface area contributed by atoms with Crippen LogP contribution in [0.3, 0.4) is 0 Å². The fourth-order valence-electron chi connectivity index (χ4n) is 0.831. The van der Waals surface area contributed by atoms with E-state index >= 15 is 0 Å². The van der Waals surface area contributed by atoms with E-state index < -0.39 is 5.97 Å². The van der Waals surface area contributed by atoms with Gasteiger partial charge in [0.05, 0.1) is 10.9 Å². The van der Waals surface area contributed by atoms with Crippen LogP contribution in [0.25, 0.3) is 5.57 Å². The first-order chi connectivity index (χ1) is 6.13. The van der Waals surface area contributed by atoms with Crippen molar-refractivity contribution in [3.63, 3.8) is 0 Å². The molecule has 0 aliphatic rings. The van der Waals surface area contributed by atoms with E-state index in [0.717, 1.165) is 6.08 Å². The second kappa shape index (κ2) is 4.41. The summed E-state index contributed by atoms with van der Waals surface area (Å²) in [6.45, 7) is -0.302. The van der Waals surface area contributed by atoms with Gasteiger partial charge < -0.3 is 10.2 Å². The number of thiophene rings is 1. The van der Waals surface area contributed by atoms with Crippen LogP contribution in [-0.2, 0) is 4.79 Å². The molecule has 0 saturated heterocycles. The number of aliphatic hydroxyl groups excluding tert-OH is 1. The van der Waals surface area contributed by atoms with Gasteiger partial charge in [-0.25, -0.2) is 4.79 Å². The van der Waals surface area contributed by atoms with Gasteiger partial charge in [-0.05, 0) is 12.1 Å². The van der Waals surface area contributed by atoms with E-state index in [4.69, 9.17) is 21.8 Å². The molecule has 0 unspecified atom stereocenters. The lowest BCUT2D eigenvalue weighted by Crippen LogP contribution is -1.94. The summed E-state index contributed by atoms with van der Waals surface area (Å²) < 4.78 is 0.569. The first-order valence-corrected chi connectivity index (χ1v) is 4.63. The summed E-state index contributed by atoms with van der Waals surface area (Å²) >= 11 is 6.90. The van der Waals surface area contributed by atoms with Gasteiger partial charge in [0.15, 0.2) is 0 Å². The van der Waals surface area contributed by atoms with Gasteiger partial charge in [-0.1, -0.05) is 11.6 Å². The molecule has 1 rings (SSSR count). The van der Waals surface area contributed by atoms with Crippen LogP contribution in [0, 0.1) is 0 Å². The summed E-state index contributed by atoms with van der Waals surface area (Å²) in [7, 11) is 0. The minimum absolute atomic E-state index is 0.302. The van der Waals surface area contributed by atoms with Crippen LogP contribution in [0.2, 0.25) is 4.34 Å². The van der Waals surface area contributed by atoms with Crippen LogP contribution in [-0.4, -0.2) is 22.8 Å². The van der Waals surface area contributed by atoms with Crippen LogP contribution in [0.1, 0.15) is 4.88 Å². The van der Waals surface area contributed by atoms with E-state index in [1.54, 1.807) is 12.1 Å². The molecule has 0 aliphatic carbocycles. The van der Waals surface area contributed by atoms with E-state index in [2.05, 4.69) is 0 Å². The highest BCUT2D eigenvalue weighted by Crippen LogP contribution is 2.27. The van der Waals surface area contributed by atoms with Gasteiger partial charge in [0.25, 0.3) is 0 Å². The molecule has 1 aromatic rings. The number of halogens is 1. The number of hydrogen-bond acceptors (Lipinski definition) is 3. The average Bonchev–Trinajstić information content (AvgIpc) is 2.47. The Morgan fingerprint density at radius 3 is 2.69 bits per heavy atom. The highest BCUT2D eigenvalue weighted by Gasteiger charge is 2.05. The summed E-state index contributed by atoms with van der Waals surface area (Å²) in [5.41, 5.74) is 0.365. The smallest absolute Gasteiger partial charge is 0.328 e. The molecule has 0 aliphatic heterocycles. The van der Waals surface area contributed by atoms with Crippen molar-refractivity contribution in [1.29, 1.82) is 0 Å². The zero-order valence-corrected chi connectivity index (χ0v) is 8.10. The van der Waals surface area contributed by atoms with E-state index in [-0.39, 0.29) is 6.61 Å². The quantitative estimate of drug-likeness (QED) is 0.762. The topological polar surface area (TPSA) is 57.5 Å². The summed E-state index contributed by atoms with van der Waals surface area (Å²) in [5, 5.41) is 17.3. The second-order valence-corrected chi connectivity index (χ2v) is 3.98. The molecule has 1 aromatic heterocycles. The van der Waals surface area contributed by atoms with Crippen molar-refractivity contribution >= 4 is 34.5 Å². The number of hydrogen-bond donors (Lipinski definition) is 2. The molecular formula is C8H7ClO3S. The minimum atomic E-state index is -1.08. The number of carbonyl (C=O) groups is 1. The zero-order chi connectivity index (χ0) is 9.84. The first-order valence-electron chi connectivity index (χ1n) is 3.43. The lowest BCUT2D eigenvalue weighted by molar-refractivity contribution is -0.131. The normalized spacial score (nSPS) is 11.7. The predicted molar refractivity (Wildman–Crippen MR) is 52.0 cm³/mol. The highest BCUT2D eigenvalue weighted by molar-refractivity contribution is 7.17. The summed E-state index contributed by atoms with van der Waals surface area (Å²) in [5.74, 6) is -1.08. The fraction of sp³-hybridized carbons (Fsp3) is 0.125. The van der Waals surface area contributed by atoms with Gasteiger partial charge >= 0.3 is 5.97 Å². The second-order valence-electron chi connectivity index (χ2n) is 2.27. The van der Waals surface area contributed by atoms with Crippen LogP contribution in [0.5, 0.6) is 0 Å². The van der Waals surface area contributed by atoms with Gasteiger partial charge in [-0.2, -0.15) is 0 Å². The molecule has 70 valence electrons. The summed E-state index contributed by atoms with van der Waals surface area (Å²) in [6, 6.07) is 3.34. The SMILES string of the molecule is O=C(O)/C=C(\CO)c1ccc(Cl)s1. The van der Waals surface area contributed by atoms with E-state index in [1.807, 2.05) is 0 Å². The van der Waals surface area contributed by atoms with Crippen LogP contribution in [0.4, 0.5) is 0 Å². The standard InChI is InChI=1S/C8H7ClO3S/c9-7-2-1-6(13-7)5(4-10)3-8(11)12/h1-3,10H,4H2,(H,11,12)/b5-3+. The number of aliphatic carboxylic acids is 1. The molecule has 0 amide bonds. The molecular weight excluding hydrogens is 212 g/mol. The maximum absolute atomic E-state index is 10.3. The summed E-state index contributed by atoms with van der Waals surface area (Å²) in [4.78, 5) is 11.0. The van der Waals surface area contributed by atoms with E-state index in [9.17, 15) is 4.79 Å². The molecule has 2 N–H and O–H groups in total. The number of rotatable bonds is 3. The van der Waals surface area contributed by atoms with Crippen molar-refractivity contribution in [2.45, 2.75) is 0 Å². The Kier molecular flexibility index (Phi) is 3.48. The largest absolute Gasteiger partial charge is 0.478 e. The molecule has 5 heteroatoms. The zero-order valence-electron chi connectivity index (χ0n) is 6.53. The molecule has 3 nitrogen and oxygen atoms in total. The van der Waals surface area contributed by atoms with Crippen LogP contribution < -0.4 is 0 Å². The Hall–Kier alpha value is -0.840. The van der Waals surface area contributed by atoms with Crippen molar-refractivity contribution in [1.82, 2.24) is 0 Å². The van der Waals surface area contributed by atoms with Crippen molar-refractivity contribution in [2.24, 2.45) is 0 Å². The fourth-order valence-corrected chi connectivity index (χ4v) is 1.88. The molecule has 0 bridgehead atoms. The maximum atomic E-state index is 10.3. The van der Waals surface area contributed by atoms with Gasteiger partial charge in [-0.15, -0.1) is 11.3 Å². The Morgan fingerprint density at radius 2 is 2.31 bits per heavy atom. The first kappa shape index (κ1) is 10.2. The average molecular weight is 219 g/mol. The predicted octanol–water partition coefficient (Wildman–Crippen LogP) is 1.86. The Labute approximate surface area is 83.9 Å². The number of carboxylic acid groups (broad SMARTS) is 1. The van der Waals surface area contributed by atoms with E-state index in [1.165, 1.54) is 11.3 Å². The molecule has 0 atom stereocenters.